The van der Waals surface area contributed by atoms with Crippen molar-refractivity contribution in [2.45, 2.75) is 33.2 Å². The molecule has 0 N–H and O–H groups in total. The fraction of sp³-hybridized carbons (Fsp3) is 0.375. The van der Waals surface area contributed by atoms with Crippen LogP contribution in [0.2, 0.25) is 0 Å². The summed E-state index contributed by atoms with van der Waals surface area (Å²) in [5, 5.41) is 8.02. The minimum Gasteiger partial charge on any atom is -0.339 e. The SMILES string of the molecule is CCN(CC)CCn1c2ccc3c(c2c2c4cnn(C)c(=O)c4ccc21)CCC3=O. The van der Waals surface area contributed by atoms with Crippen molar-refractivity contribution in [2.24, 2.45) is 7.05 Å². The van der Waals surface area contributed by atoms with Crippen molar-refractivity contribution in [3.05, 3.63) is 51.9 Å². The van der Waals surface area contributed by atoms with Crippen LogP contribution in [0.15, 0.2) is 35.3 Å². The van der Waals surface area contributed by atoms with Crippen LogP contribution >= 0.6 is 0 Å². The molecule has 5 rings (SSSR count). The van der Waals surface area contributed by atoms with Crippen molar-refractivity contribution in [2.75, 3.05) is 19.6 Å². The molecule has 0 saturated carbocycles. The Labute approximate surface area is 174 Å². The van der Waals surface area contributed by atoms with Gasteiger partial charge in [-0.1, -0.05) is 13.8 Å². The van der Waals surface area contributed by atoms with Crippen molar-refractivity contribution in [1.29, 1.82) is 0 Å². The molecule has 6 heteroatoms. The van der Waals surface area contributed by atoms with Gasteiger partial charge in [0.1, 0.15) is 0 Å². The van der Waals surface area contributed by atoms with Crippen LogP contribution in [-0.2, 0) is 20.0 Å². The first-order chi connectivity index (χ1) is 14.5. The number of aryl methyl sites for hydroxylation is 2. The highest BCUT2D eigenvalue weighted by Crippen LogP contribution is 2.39. The molecule has 0 radical (unpaired) electrons. The molecule has 2 aromatic carbocycles. The maximum absolute atomic E-state index is 12.7. The standard InChI is InChI=1S/C24H26N4O2/c1-4-27(5-2)12-13-28-19-9-6-15-16(8-11-21(15)29)22(19)23-18-14-25-26(3)24(30)17(18)7-10-20(23)28/h6-7,9-10,14H,4-5,8,11-13H2,1-3H3. The Bertz CT molecular complexity index is 1380. The maximum Gasteiger partial charge on any atom is 0.274 e. The molecule has 0 bridgehead atoms. The predicted molar refractivity (Wildman–Crippen MR) is 120 cm³/mol. The minimum atomic E-state index is -0.0953. The van der Waals surface area contributed by atoms with E-state index in [1.54, 1.807) is 13.2 Å². The highest BCUT2D eigenvalue weighted by Gasteiger charge is 2.26. The second kappa shape index (κ2) is 7.06. The van der Waals surface area contributed by atoms with Gasteiger partial charge in [0.05, 0.1) is 11.6 Å². The number of rotatable bonds is 5. The molecule has 4 aromatic rings. The summed E-state index contributed by atoms with van der Waals surface area (Å²) in [6, 6.07) is 8.05. The van der Waals surface area contributed by atoms with Gasteiger partial charge < -0.3 is 9.47 Å². The average molecular weight is 402 g/mol. The quantitative estimate of drug-likeness (QED) is 0.513. The fourth-order valence-electron chi connectivity index (χ4n) is 4.97. The Morgan fingerprint density at radius 3 is 2.47 bits per heavy atom. The number of likely N-dealkylation sites (N-methyl/N-ethyl adjacent to an activating group) is 1. The third-order valence-corrected chi connectivity index (χ3v) is 6.67. The molecular weight excluding hydrogens is 376 g/mol. The van der Waals surface area contributed by atoms with Gasteiger partial charge in [-0.25, -0.2) is 4.68 Å². The number of aromatic nitrogens is 3. The lowest BCUT2D eigenvalue weighted by atomic mass is 10.00. The van der Waals surface area contributed by atoms with E-state index in [1.165, 1.54) is 4.68 Å². The maximum atomic E-state index is 12.7. The largest absolute Gasteiger partial charge is 0.339 e. The molecule has 0 aliphatic heterocycles. The lowest BCUT2D eigenvalue weighted by Gasteiger charge is -2.19. The molecule has 2 aromatic heterocycles. The molecule has 0 spiro atoms. The van der Waals surface area contributed by atoms with Crippen molar-refractivity contribution >= 4 is 38.4 Å². The van der Waals surface area contributed by atoms with E-state index >= 15 is 0 Å². The molecule has 0 saturated heterocycles. The van der Waals surface area contributed by atoms with E-state index in [0.717, 1.165) is 70.9 Å². The zero-order chi connectivity index (χ0) is 21.0. The molecule has 0 amide bonds. The van der Waals surface area contributed by atoms with Gasteiger partial charge in [-0.15, -0.1) is 0 Å². The summed E-state index contributed by atoms with van der Waals surface area (Å²) >= 11 is 0. The van der Waals surface area contributed by atoms with E-state index in [0.29, 0.717) is 11.8 Å². The van der Waals surface area contributed by atoms with Gasteiger partial charge in [0.25, 0.3) is 5.56 Å². The van der Waals surface area contributed by atoms with E-state index in [4.69, 9.17) is 0 Å². The van der Waals surface area contributed by atoms with Crippen LogP contribution in [-0.4, -0.2) is 44.7 Å². The number of fused-ring (bicyclic) bond motifs is 7. The monoisotopic (exact) mass is 402 g/mol. The van der Waals surface area contributed by atoms with Crippen molar-refractivity contribution in [3.63, 3.8) is 0 Å². The number of nitrogens with zero attached hydrogens (tertiary/aromatic N) is 4. The topological polar surface area (TPSA) is 60.1 Å². The van der Waals surface area contributed by atoms with Crippen LogP contribution in [0.4, 0.5) is 0 Å². The van der Waals surface area contributed by atoms with E-state index in [-0.39, 0.29) is 11.3 Å². The summed E-state index contributed by atoms with van der Waals surface area (Å²) in [6.45, 7) is 8.21. The second-order valence-corrected chi connectivity index (χ2v) is 8.08. The first-order valence-electron chi connectivity index (χ1n) is 10.7. The lowest BCUT2D eigenvalue weighted by molar-refractivity contribution is 0.0994. The van der Waals surface area contributed by atoms with Crippen LogP contribution < -0.4 is 5.56 Å². The lowest BCUT2D eigenvalue weighted by Crippen LogP contribution is -2.27. The van der Waals surface area contributed by atoms with Gasteiger partial charge in [-0.2, -0.15) is 5.10 Å². The highest BCUT2D eigenvalue weighted by atomic mass is 16.1. The Morgan fingerprint density at radius 1 is 0.967 bits per heavy atom. The normalized spacial score (nSPS) is 13.9. The third-order valence-electron chi connectivity index (χ3n) is 6.67. The van der Waals surface area contributed by atoms with Crippen LogP contribution in [0.3, 0.4) is 0 Å². The number of carbonyl (C=O) groups excluding carboxylic acids is 1. The smallest absolute Gasteiger partial charge is 0.274 e. The fourth-order valence-corrected chi connectivity index (χ4v) is 4.97. The summed E-state index contributed by atoms with van der Waals surface area (Å²) in [7, 11) is 1.68. The van der Waals surface area contributed by atoms with Crippen molar-refractivity contribution < 1.29 is 4.79 Å². The molecule has 0 unspecified atom stereocenters. The summed E-state index contributed by atoms with van der Waals surface area (Å²) in [5.74, 6) is 0.213. The molecule has 6 nitrogen and oxygen atoms in total. The van der Waals surface area contributed by atoms with Crippen molar-refractivity contribution in [3.8, 4) is 0 Å². The molecule has 1 aliphatic carbocycles. The van der Waals surface area contributed by atoms with Gasteiger partial charge in [0.2, 0.25) is 0 Å². The molecule has 0 atom stereocenters. The van der Waals surface area contributed by atoms with Crippen LogP contribution in [0, 0.1) is 0 Å². The predicted octanol–water partition coefficient (Wildman–Crippen LogP) is 3.51. The van der Waals surface area contributed by atoms with Gasteiger partial charge in [-0.05, 0) is 49.3 Å². The van der Waals surface area contributed by atoms with Crippen molar-refractivity contribution in [1.82, 2.24) is 19.2 Å². The second-order valence-electron chi connectivity index (χ2n) is 8.08. The summed E-state index contributed by atoms with van der Waals surface area (Å²) in [4.78, 5) is 27.6. The Kier molecular flexibility index (Phi) is 4.47. The Balaban J connectivity index is 1.88. The van der Waals surface area contributed by atoms with E-state index in [9.17, 15) is 9.59 Å². The first-order valence-corrected chi connectivity index (χ1v) is 10.7. The minimum absolute atomic E-state index is 0.0953. The number of benzene rings is 2. The molecule has 154 valence electrons. The van der Waals surface area contributed by atoms with Gasteiger partial charge in [0.15, 0.2) is 5.78 Å². The number of hydrogen-bond donors (Lipinski definition) is 0. The molecular formula is C24H26N4O2. The van der Waals surface area contributed by atoms with Crippen LogP contribution in [0.25, 0.3) is 32.6 Å². The summed E-state index contributed by atoms with van der Waals surface area (Å²) < 4.78 is 3.73. The van der Waals surface area contributed by atoms with Gasteiger partial charge >= 0.3 is 0 Å². The average Bonchev–Trinajstić information content (AvgIpc) is 3.29. The van der Waals surface area contributed by atoms with Crippen LogP contribution in [0.1, 0.15) is 36.2 Å². The first kappa shape index (κ1) is 19.0. The number of carbonyl (C=O) groups is 1. The Hall–Kier alpha value is -2.99. The summed E-state index contributed by atoms with van der Waals surface area (Å²) in [6.07, 6.45) is 3.12. The highest BCUT2D eigenvalue weighted by molar-refractivity contribution is 6.23. The zero-order valence-electron chi connectivity index (χ0n) is 17.7. The zero-order valence-corrected chi connectivity index (χ0v) is 17.7. The number of ketones is 1. The third kappa shape index (κ3) is 2.63. The molecule has 30 heavy (non-hydrogen) atoms. The van der Waals surface area contributed by atoms with E-state index < -0.39 is 0 Å². The number of hydrogen-bond acceptors (Lipinski definition) is 4. The van der Waals surface area contributed by atoms with Gasteiger partial charge in [-0.3, -0.25) is 9.59 Å². The summed E-state index contributed by atoms with van der Waals surface area (Å²) in [5.41, 5.74) is 4.10. The van der Waals surface area contributed by atoms with Crippen LogP contribution in [0.5, 0.6) is 0 Å². The molecule has 0 fully saturated rings. The Morgan fingerprint density at radius 2 is 1.70 bits per heavy atom. The molecule has 2 heterocycles. The van der Waals surface area contributed by atoms with E-state index in [2.05, 4.69) is 40.5 Å². The molecule has 1 aliphatic rings. The number of Topliss-reactive ketones (excluding diaryl/α,β-unsaturated/α-hetero) is 1. The van der Waals surface area contributed by atoms with Gasteiger partial charge in [0, 0.05) is 59.3 Å². The van der Waals surface area contributed by atoms with E-state index in [1.807, 2.05) is 12.1 Å².